The molecule has 0 spiro atoms. The standard InChI is InChI=1S/C19H19N3O3/c1-13-20-17-7-5-4-6-16(17)19(21-13)22(2)14-8-10-15(11-9-14)25-12-18(23)24-3/h4-11H,12H2,1-3H3. The number of methoxy groups -OCH3 is 1. The van der Waals surface area contributed by atoms with Gasteiger partial charge in [-0.2, -0.15) is 0 Å². The zero-order chi connectivity index (χ0) is 17.8. The van der Waals surface area contributed by atoms with Crippen LogP contribution in [0.4, 0.5) is 11.5 Å². The quantitative estimate of drug-likeness (QED) is 0.666. The fourth-order valence-corrected chi connectivity index (χ4v) is 2.52. The van der Waals surface area contributed by atoms with E-state index in [0.717, 1.165) is 28.2 Å². The summed E-state index contributed by atoms with van der Waals surface area (Å²) in [5.74, 6) is 1.75. The van der Waals surface area contributed by atoms with Gasteiger partial charge < -0.3 is 14.4 Å². The van der Waals surface area contributed by atoms with Crippen molar-refractivity contribution < 1.29 is 14.3 Å². The monoisotopic (exact) mass is 337 g/mol. The number of nitrogens with zero attached hydrogens (tertiary/aromatic N) is 3. The van der Waals surface area contributed by atoms with Crippen LogP contribution < -0.4 is 9.64 Å². The van der Waals surface area contributed by atoms with Crippen LogP contribution in [0.15, 0.2) is 48.5 Å². The Balaban J connectivity index is 1.86. The van der Waals surface area contributed by atoms with Crippen molar-refractivity contribution in [1.29, 1.82) is 0 Å². The van der Waals surface area contributed by atoms with Crippen molar-refractivity contribution in [1.82, 2.24) is 9.97 Å². The van der Waals surface area contributed by atoms with Crippen LogP contribution in [0.3, 0.4) is 0 Å². The summed E-state index contributed by atoms with van der Waals surface area (Å²) in [5.41, 5.74) is 1.86. The lowest BCUT2D eigenvalue weighted by molar-refractivity contribution is -0.142. The number of aromatic nitrogens is 2. The van der Waals surface area contributed by atoms with E-state index in [2.05, 4.69) is 14.7 Å². The number of carbonyl (C=O) groups excluding carboxylic acids is 1. The van der Waals surface area contributed by atoms with E-state index in [4.69, 9.17) is 4.74 Å². The van der Waals surface area contributed by atoms with Gasteiger partial charge in [0.15, 0.2) is 6.61 Å². The van der Waals surface area contributed by atoms with Gasteiger partial charge in [0.1, 0.15) is 17.4 Å². The summed E-state index contributed by atoms with van der Waals surface area (Å²) >= 11 is 0. The average Bonchev–Trinajstić information content (AvgIpc) is 2.65. The predicted molar refractivity (Wildman–Crippen MR) is 96.3 cm³/mol. The minimum atomic E-state index is -0.413. The highest BCUT2D eigenvalue weighted by Gasteiger charge is 2.12. The minimum Gasteiger partial charge on any atom is -0.482 e. The van der Waals surface area contributed by atoms with Crippen LogP contribution in [0, 0.1) is 6.92 Å². The molecule has 0 N–H and O–H groups in total. The summed E-state index contributed by atoms with van der Waals surface area (Å²) in [6.07, 6.45) is 0. The van der Waals surface area contributed by atoms with E-state index in [1.165, 1.54) is 7.11 Å². The highest BCUT2D eigenvalue weighted by molar-refractivity contribution is 5.91. The lowest BCUT2D eigenvalue weighted by Gasteiger charge is -2.20. The third-order valence-corrected chi connectivity index (χ3v) is 3.82. The number of esters is 1. The van der Waals surface area contributed by atoms with E-state index in [-0.39, 0.29) is 6.61 Å². The fourth-order valence-electron chi connectivity index (χ4n) is 2.52. The largest absolute Gasteiger partial charge is 0.482 e. The maximum atomic E-state index is 11.1. The number of anilines is 2. The van der Waals surface area contributed by atoms with Gasteiger partial charge in [0.25, 0.3) is 0 Å². The fraction of sp³-hybridized carbons (Fsp3) is 0.211. The second kappa shape index (κ2) is 7.17. The molecule has 0 saturated carbocycles. The van der Waals surface area contributed by atoms with Gasteiger partial charge in [-0.1, -0.05) is 12.1 Å². The molecule has 0 bridgehead atoms. The van der Waals surface area contributed by atoms with Crippen LogP contribution in [0.5, 0.6) is 5.75 Å². The molecule has 1 aromatic heterocycles. The minimum absolute atomic E-state index is 0.110. The highest BCUT2D eigenvalue weighted by atomic mass is 16.6. The predicted octanol–water partition coefficient (Wildman–Crippen LogP) is 3.26. The molecule has 0 fully saturated rings. The Morgan fingerprint density at radius 2 is 1.80 bits per heavy atom. The first-order chi connectivity index (χ1) is 12.1. The summed E-state index contributed by atoms with van der Waals surface area (Å²) in [7, 11) is 3.29. The van der Waals surface area contributed by atoms with E-state index >= 15 is 0 Å². The molecule has 25 heavy (non-hydrogen) atoms. The van der Waals surface area contributed by atoms with Crippen LogP contribution in [0.1, 0.15) is 5.82 Å². The Kier molecular flexibility index (Phi) is 4.79. The van der Waals surface area contributed by atoms with E-state index in [9.17, 15) is 4.79 Å². The van der Waals surface area contributed by atoms with Gasteiger partial charge in [-0.3, -0.25) is 0 Å². The summed E-state index contributed by atoms with van der Waals surface area (Å²) in [5, 5.41) is 0.988. The molecule has 2 aromatic carbocycles. The number of benzene rings is 2. The number of aryl methyl sites for hydroxylation is 1. The molecule has 0 aliphatic carbocycles. The van der Waals surface area contributed by atoms with Crippen molar-refractivity contribution in [3.05, 3.63) is 54.4 Å². The SMILES string of the molecule is COC(=O)COc1ccc(N(C)c2nc(C)nc3ccccc23)cc1. The number of fused-ring (bicyclic) bond motifs is 1. The van der Waals surface area contributed by atoms with Crippen molar-refractivity contribution in [3.63, 3.8) is 0 Å². The summed E-state index contributed by atoms with van der Waals surface area (Å²) in [4.78, 5) is 22.2. The molecule has 6 heteroatoms. The van der Waals surface area contributed by atoms with E-state index in [1.807, 2.05) is 67.4 Å². The molecule has 1 heterocycles. The molecule has 0 saturated heterocycles. The first-order valence-electron chi connectivity index (χ1n) is 7.85. The number of carbonyl (C=O) groups is 1. The lowest BCUT2D eigenvalue weighted by Crippen LogP contribution is -2.14. The first kappa shape index (κ1) is 16.7. The van der Waals surface area contributed by atoms with Crippen LogP contribution in [0.25, 0.3) is 10.9 Å². The van der Waals surface area contributed by atoms with Crippen LogP contribution in [0.2, 0.25) is 0 Å². The number of hydrogen-bond acceptors (Lipinski definition) is 6. The zero-order valence-corrected chi connectivity index (χ0v) is 14.4. The van der Waals surface area contributed by atoms with Gasteiger partial charge >= 0.3 is 5.97 Å². The molecular weight excluding hydrogens is 318 g/mol. The number of ether oxygens (including phenoxy) is 2. The van der Waals surface area contributed by atoms with Gasteiger partial charge in [0.2, 0.25) is 0 Å². The van der Waals surface area contributed by atoms with Crippen molar-refractivity contribution >= 4 is 28.4 Å². The Bertz CT molecular complexity index is 894. The van der Waals surface area contributed by atoms with E-state index in [1.54, 1.807) is 0 Å². The lowest BCUT2D eigenvalue weighted by atomic mass is 10.2. The first-order valence-corrected chi connectivity index (χ1v) is 7.85. The van der Waals surface area contributed by atoms with Crippen molar-refractivity contribution in [2.45, 2.75) is 6.92 Å². The molecule has 3 aromatic rings. The Labute approximate surface area is 146 Å². The Hall–Kier alpha value is -3.15. The molecular formula is C19H19N3O3. The van der Waals surface area contributed by atoms with Crippen LogP contribution >= 0.6 is 0 Å². The summed E-state index contributed by atoms with van der Waals surface area (Å²) < 4.78 is 9.93. The zero-order valence-electron chi connectivity index (χ0n) is 14.4. The molecule has 128 valence electrons. The van der Waals surface area contributed by atoms with Gasteiger partial charge in [0, 0.05) is 18.1 Å². The third-order valence-electron chi connectivity index (χ3n) is 3.82. The maximum Gasteiger partial charge on any atom is 0.343 e. The van der Waals surface area contributed by atoms with E-state index < -0.39 is 5.97 Å². The Morgan fingerprint density at radius 3 is 2.52 bits per heavy atom. The molecule has 0 amide bonds. The van der Waals surface area contributed by atoms with Gasteiger partial charge in [-0.15, -0.1) is 0 Å². The van der Waals surface area contributed by atoms with Gasteiger partial charge in [-0.25, -0.2) is 14.8 Å². The second-order valence-electron chi connectivity index (χ2n) is 5.53. The number of para-hydroxylation sites is 1. The second-order valence-corrected chi connectivity index (χ2v) is 5.53. The van der Waals surface area contributed by atoms with Crippen LogP contribution in [-0.4, -0.2) is 36.7 Å². The number of rotatable bonds is 5. The average molecular weight is 337 g/mol. The third kappa shape index (κ3) is 3.68. The topological polar surface area (TPSA) is 64.6 Å². The normalized spacial score (nSPS) is 10.5. The summed E-state index contributed by atoms with van der Waals surface area (Å²) in [6, 6.07) is 15.4. The van der Waals surface area contributed by atoms with Crippen molar-refractivity contribution in [2.75, 3.05) is 25.7 Å². The highest BCUT2D eigenvalue weighted by Crippen LogP contribution is 2.29. The summed E-state index contributed by atoms with van der Waals surface area (Å²) in [6.45, 7) is 1.77. The Morgan fingerprint density at radius 1 is 1.08 bits per heavy atom. The smallest absolute Gasteiger partial charge is 0.343 e. The van der Waals surface area contributed by atoms with Crippen molar-refractivity contribution in [2.24, 2.45) is 0 Å². The van der Waals surface area contributed by atoms with Gasteiger partial charge in [0.05, 0.1) is 12.6 Å². The molecule has 3 rings (SSSR count). The number of hydrogen-bond donors (Lipinski definition) is 0. The molecule has 0 radical (unpaired) electrons. The molecule has 0 atom stereocenters. The van der Waals surface area contributed by atoms with Crippen LogP contribution in [-0.2, 0) is 9.53 Å². The van der Waals surface area contributed by atoms with Crippen molar-refractivity contribution in [3.8, 4) is 5.75 Å². The molecule has 0 unspecified atom stereocenters. The van der Waals surface area contributed by atoms with E-state index in [0.29, 0.717) is 5.75 Å². The maximum absolute atomic E-state index is 11.1. The molecule has 6 nitrogen and oxygen atoms in total. The molecule has 0 aliphatic rings. The van der Waals surface area contributed by atoms with Gasteiger partial charge in [-0.05, 0) is 43.3 Å². The molecule has 0 aliphatic heterocycles.